The van der Waals surface area contributed by atoms with Gasteiger partial charge in [0.15, 0.2) is 23.0 Å². The summed E-state index contributed by atoms with van der Waals surface area (Å²) in [7, 11) is 0. The van der Waals surface area contributed by atoms with Crippen molar-refractivity contribution < 1.29 is 8.78 Å². The first-order chi connectivity index (χ1) is 37.3. The van der Waals surface area contributed by atoms with E-state index in [0.29, 0.717) is 78.6 Å². The second-order valence-corrected chi connectivity index (χ2v) is 18.4. The van der Waals surface area contributed by atoms with Crippen LogP contribution in [0.5, 0.6) is 0 Å². The van der Waals surface area contributed by atoms with Gasteiger partial charge < -0.3 is 9.80 Å². The number of nitrogens with zero attached hydrogens (tertiary/aromatic N) is 6. The molecule has 0 aliphatic carbocycles. The van der Waals surface area contributed by atoms with Crippen molar-refractivity contribution in [2.75, 3.05) is 9.80 Å². The van der Waals surface area contributed by atoms with Gasteiger partial charge >= 0.3 is 0 Å². The summed E-state index contributed by atoms with van der Waals surface area (Å²) in [6.07, 6.45) is 0. The smallest absolute Gasteiger partial charge is 0.187 e. The van der Waals surface area contributed by atoms with Gasteiger partial charge in [0.2, 0.25) is 0 Å². The molecular formula is C68H38F2N6. The van der Waals surface area contributed by atoms with Crippen LogP contribution in [0.25, 0.3) is 86.5 Å². The van der Waals surface area contributed by atoms with E-state index < -0.39 is 11.6 Å². The zero-order chi connectivity index (χ0) is 51.9. The Morgan fingerprint density at radius 2 is 0.750 bits per heavy atom. The number of rotatable bonds is 10. The molecule has 0 aliphatic rings. The second kappa shape index (κ2) is 19.3. The van der Waals surface area contributed by atoms with Gasteiger partial charge in [0.05, 0.1) is 59.2 Å². The van der Waals surface area contributed by atoms with Crippen LogP contribution in [-0.4, -0.2) is 0 Å². The maximum Gasteiger partial charge on any atom is 0.187 e. The van der Waals surface area contributed by atoms with E-state index in [1.54, 1.807) is 84.9 Å². The number of hydrogen-bond donors (Lipinski definition) is 0. The Labute approximate surface area is 437 Å². The van der Waals surface area contributed by atoms with Crippen LogP contribution in [0.3, 0.4) is 0 Å². The van der Waals surface area contributed by atoms with E-state index in [0.717, 1.165) is 43.4 Å². The van der Waals surface area contributed by atoms with E-state index in [4.69, 9.17) is 13.1 Å². The lowest BCUT2D eigenvalue weighted by Gasteiger charge is -2.30. The fraction of sp³-hybridized carbons (Fsp3) is 0. The predicted molar refractivity (Wildman–Crippen MR) is 303 cm³/mol. The van der Waals surface area contributed by atoms with Crippen molar-refractivity contribution in [3.8, 4) is 56.6 Å². The molecule has 0 spiro atoms. The Morgan fingerprint density at radius 3 is 1.21 bits per heavy atom. The van der Waals surface area contributed by atoms with Gasteiger partial charge in [0, 0.05) is 33.3 Å². The maximum absolute atomic E-state index is 18.1. The van der Waals surface area contributed by atoms with Crippen molar-refractivity contribution in [3.05, 3.63) is 276 Å². The Balaban J connectivity index is 1.12. The van der Waals surface area contributed by atoms with Crippen molar-refractivity contribution in [1.82, 2.24) is 0 Å². The van der Waals surface area contributed by atoms with Gasteiger partial charge in [-0.2, -0.15) is 10.5 Å². The molecule has 0 radical (unpaired) electrons. The fourth-order valence-electron chi connectivity index (χ4n) is 10.5. The number of nitriles is 2. The summed E-state index contributed by atoms with van der Waals surface area (Å²) >= 11 is 0. The molecule has 0 saturated carbocycles. The monoisotopic (exact) mass is 976 g/mol. The van der Waals surface area contributed by atoms with E-state index in [1.165, 1.54) is 0 Å². The van der Waals surface area contributed by atoms with Crippen molar-refractivity contribution in [2.45, 2.75) is 0 Å². The third-order valence-electron chi connectivity index (χ3n) is 13.9. The molecule has 354 valence electrons. The van der Waals surface area contributed by atoms with Gasteiger partial charge in [0.1, 0.15) is 0 Å². The van der Waals surface area contributed by atoms with Gasteiger partial charge in [0.25, 0.3) is 0 Å². The molecule has 0 saturated heterocycles. The van der Waals surface area contributed by atoms with Gasteiger partial charge in [-0.3, -0.25) is 0 Å². The average Bonchev–Trinajstić information content (AvgIpc) is 3.49. The first-order valence-corrected chi connectivity index (χ1v) is 24.4. The first kappa shape index (κ1) is 46.2. The third-order valence-corrected chi connectivity index (χ3v) is 13.9. The lowest BCUT2D eigenvalue weighted by molar-refractivity contribution is 0.632. The molecule has 0 atom stereocenters. The lowest BCUT2D eigenvalue weighted by Crippen LogP contribution is -2.14. The summed E-state index contributed by atoms with van der Waals surface area (Å²) in [4.78, 5) is 11.2. The molecule has 0 aliphatic heterocycles. The normalized spacial score (nSPS) is 11.0. The molecule has 8 heteroatoms. The molecule has 0 amide bonds. The first-order valence-electron chi connectivity index (χ1n) is 24.4. The Hall–Kier alpha value is -10.9. The number of para-hydroxylation sites is 2. The summed E-state index contributed by atoms with van der Waals surface area (Å²) in [6, 6.07) is 75.7. The van der Waals surface area contributed by atoms with Gasteiger partial charge in [-0.05, 0) is 152 Å². The molecule has 0 fully saturated rings. The molecule has 12 aromatic carbocycles. The largest absolute Gasteiger partial charge is 0.307 e. The molecule has 0 aromatic heterocycles. The highest BCUT2D eigenvalue weighted by molar-refractivity contribution is 6.28. The highest BCUT2D eigenvalue weighted by Crippen LogP contribution is 2.50. The molecule has 0 bridgehead atoms. The van der Waals surface area contributed by atoms with Gasteiger partial charge in [-0.15, -0.1) is 0 Å². The lowest BCUT2D eigenvalue weighted by atomic mass is 9.91. The third kappa shape index (κ3) is 8.12. The summed E-state index contributed by atoms with van der Waals surface area (Å²) in [5.74, 6) is -0.999. The topological polar surface area (TPSA) is 62.8 Å². The van der Waals surface area contributed by atoms with E-state index in [-0.39, 0.29) is 11.4 Å². The Morgan fingerprint density at radius 1 is 0.355 bits per heavy atom. The van der Waals surface area contributed by atoms with Gasteiger partial charge in [-0.1, -0.05) is 133 Å². The molecule has 6 nitrogen and oxygen atoms in total. The van der Waals surface area contributed by atoms with Crippen molar-refractivity contribution >= 4 is 77.8 Å². The zero-order valence-electron chi connectivity index (χ0n) is 40.4. The minimum Gasteiger partial charge on any atom is -0.307 e. The summed E-state index contributed by atoms with van der Waals surface area (Å²) in [6.45, 7) is 15.6. The molecule has 12 aromatic rings. The fourth-order valence-corrected chi connectivity index (χ4v) is 10.5. The second-order valence-electron chi connectivity index (χ2n) is 18.4. The number of hydrogen-bond acceptors (Lipinski definition) is 4. The summed E-state index contributed by atoms with van der Waals surface area (Å²) < 4.78 is 36.1. The summed E-state index contributed by atoms with van der Waals surface area (Å²) in [5, 5.41) is 25.3. The molecule has 0 unspecified atom stereocenters. The minimum absolute atomic E-state index is 0.258. The minimum atomic E-state index is -0.501. The maximum atomic E-state index is 18.1. The van der Waals surface area contributed by atoms with Crippen LogP contribution in [0.1, 0.15) is 11.1 Å². The molecular weight excluding hydrogens is 939 g/mol. The Bertz CT molecular complexity index is 4160. The number of halogens is 2. The highest BCUT2D eigenvalue weighted by Gasteiger charge is 2.27. The van der Waals surface area contributed by atoms with Crippen LogP contribution in [0.15, 0.2) is 231 Å². The summed E-state index contributed by atoms with van der Waals surface area (Å²) in [5.41, 5.74) is 9.45. The van der Waals surface area contributed by atoms with Crippen LogP contribution >= 0.6 is 0 Å². The Kier molecular flexibility index (Phi) is 11.7. The predicted octanol–water partition coefficient (Wildman–Crippen LogP) is 19.3. The van der Waals surface area contributed by atoms with E-state index >= 15 is 8.78 Å². The molecule has 0 N–H and O–H groups in total. The SMILES string of the molecule is [C-]#[N+]c1cccc(-c2cc(-c3cccc(C#N)c3)c(F)c(N(c3ccccc3)c3ccc4ccc5c(N(c6ccccc6)c6cc(-c7cccc(C#N)c7)cc(-c7cccc([N+]#[C-])c7)c6F)ccc6ccc3c4c65)c2)c1. The van der Waals surface area contributed by atoms with Crippen LogP contribution in [0.2, 0.25) is 0 Å². The standard InChI is InChI=1S/C68H38F2N6/c1-73-53-19-11-16-48(35-53)52-38-59(49-17-10-14-44(34-49)42-72)67(69)64(40-52)76(56-23-7-4-8-24-56)62-32-28-46-25-29-57-61(31-27-45-26-30-58(62)66(46)65(45)57)75(55-21-5-3-6-22-55)63-39-51(47-15-9-13-43(33-47)41-71)37-60(68(63)70)50-18-12-20-54(36-50)74-2/h3-40H. The van der Waals surface area contributed by atoms with Crippen LogP contribution < -0.4 is 9.80 Å². The van der Waals surface area contributed by atoms with Crippen molar-refractivity contribution in [2.24, 2.45) is 0 Å². The van der Waals surface area contributed by atoms with Crippen molar-refractivity contribution in [1.29, 1.82) is 10.5 Å². The molecule has 76 heavy (non-hydrogen) atoms. The number of anilines is 6. The molecule has 12 rings (SSSR count). The van der Waals surface area contributed by atoms with Crippen molar-refractivity contribution in [3.63, 3.8) is 0 Å². The zero-order valence-corrected chi connectivity index (χ0v) is 40.4. The number of benzene rings is 12. The van der Waals surface area contributed by atoms with Gasteiger partial charge in [-0.25, -0.2) is 18.5 Å². The van der Waals surface area contributed by atoms with Crippen LogP contribution in [0.4, 0.5) is 54.3 Å². The van der Waals surface area contributed by atoms with E-state index in [9.17, 15) is 10.5 Å². The van der Waals surface area contributed by atoms with Crippen LogP contribution in [-0.2, 0) is 0 Å². The van der Waals surface area contributed by atoms with Crippen LogP contribution in [0, 0.1) is 47.4 Å². The van der Waals surface area contributed by atoms with E-state index in [2.05, 4.69) is 58.2 Å². The highest BCUT2D eigenvalue weighted by atomic mass is 19.1. The quantitative estimate of drug-likeness (QED) is 0.101. The van der Waals surface area contributed by atoms with E-state index in [1.807, 2.05) is 119 Å². The molecule has 0 heterocycles. The average molecular weight is 977 g/mol.